The number of likely N-dealkylation sites (tertiary alicyclic amines) is 1. The van der Waals surface area contributed by atoms with E-state index < -0.39 is 6.04 Å². The number of para-hydroxylation sites is 1. The molecule has 1 spiro atoms. The van der Waals surface area contributed by atoms with Gasteiger partial charge in [-0.25, -0.2) is 0 Å². The minimum absolute atomic E-state index is 0.0329. The monoisotopic (exact) mass is 415 g/mol. The van der Waals surface area contributed by atoms with Crippen molar-refractivity contribution in [2.45, 2.75) is 70.8 Å². The lowest BCUT2D eigenvalue weighted by atomic mass is 9.73. The van der Waals surface area contributed by atoms with Gasteiger partial charge in [-0.15, -0.1) is 0 Å². The fraction of sp³-hybridized carbons (Fsp3) is 0.667. The van der Waals surface area contributed by atoms with Crippen LogP contribution >= 0.6 is 0 Å². The van der Waals surface area contributed by atoms with E-state index in [0.29, 0.717) is 32.7 Å². The van der Waals surface area contributed by atoms with Crippen LogP contribution in [0.4, 0.5) is 0 Å². The lowest BCUT2D eigenvalue weighted by Gasteiger charge is -2.41. The average Bonchev–Trinajstić information content (AvgIpc) is 2.78. The maximum absolute atomic E-state index is 13.1. The molecule has 1 aromatic carbocycles. The van der Waals surface area contributed by atoms with Crippen molar-refractivity contribution in [1.29, 1.82) is 0 Å². The van der Waals surface area contributed by atoms with Crippen LogP contribution in [0.2, 0.25) is 0 Å². The summed E-state index contributed by atoms with van der Waals surface area (Å²) in [7, 11) is 0. The van der Waals surface area contributed by atoms with Crippen LogP contribution in [0.15, 0.2) is 24.3 Å². The molecule has 1 saturated heterocycles. The molecule has 0 aliphatic carbocycles. The molecule has 1 atom stereocenters. The van der Waals surface area contributed by atoms with Gasteiger partial charge < -0.3 is 20.7 Å². The fourth-order valence-corrected chi connectivity index (χ4v) is 4.69. The number of piperidine rings is 1. The number of rotatable bonds is 3. The van der Waals surface area contributed by atoms with Gasteiger partial charge in [0.15, 0.2) is 0 Å². The van der Waals surface area contributed by atoms with E-state index in [1.807, 2.05) is 24.0 Å². The van der Waals surface area contributed by atoms with E-state index in [4.69, 9.17) is 10.5 Å². The molecule has 6 nitrogen and oxygen atoms in total. The number of nitrogens with zero attached hydrogens (tertiary/aromatic N) is 1. The van der Waals surface area contributed by atoms with Crippen LogP contribution in [0, 0.1) is 5.41 Å². The Kier molecular flexibility index (Phi) is 8.14. The highest BCUT2D eigenvalue weighted by Crippen LogP contribution is 2.38. The fourth-order valence-electron chi connectivity index (χ4n) is 4.69. The summed E-state index contributed by atoms with van der Waals surface area (Å²) in [6, 6.07) is 7.82. The molecule has 2 amide bonds. The molecule has 2 aliphatic rings. The number of carbonyl (C=O) groups is 2. The molecule has 3 N–H and O–H groups in total. The van der Waals surface area contributed by atoms with Gasteiger partial charge in [-0.3, -0.25) is 9.59 Å². The highest BCUT2D eigenvalue weighted by Gasteiger charge is 2.42. The Labute approximate surface area is 180 Å². The van der Waals surface area contributed by atoms with Gasteiger partial charge in [-0.05, 0) is 56.6 Å². The Hall–Kier alpha value is -2.08. The van der Waals surface area contributed by atoms with Crippen LogP contribution in [0.25, 0.3) is 0 Å². The van der Waals surface area contributed by atoms with E-state index in [2.05, 4.69) is 17.4 Å². The second-order valence-corrected chi connectivity index (χ2v) is 8.77. The molecule has 0 radical (unpaired) electrons. The summed E-state index contributed by atoms with van der Waals surface area (Å²) in [5, 5.41) is 3.15. The molecule has 2 heterocycles. The van der Waals surface area contributed by atoms with Crippen LogP contribution in [-0.2, 0) is 16.0 Å². The second kappa shape index (κ2) is 10.8. The second-order valence-electron chi connectivity index (χ2n) is 8.77. The van der Waals surface area contributed by atoms with Crippen LogP contribution in [0.3, 0.4) is 0 Å². The zero-order chi connectivity index (χ0) is 21.4. The Morgan fingerprint density at radius 2 is 1.97 bits per heavy atom. The molecule has 166 valence electrons. The summed E-state index contributed by atoms with van der Waals surface area (Å²) in [6.45, 7) is 4.50. The quantitative estimate of drug-likeness (QED) is 0.795. The molecule has 1 aromatic rings. The van der Waals surface area contributed by atoms with Gasteiger partial charge in [0.05, 0.1) is 18.1 Å². The van der Waals surface area contributed by atoms with E-state index in [1.165, 1.54) is 5.56 Å². The summed E-state index contributed by atoms with van der Waals surface area (Å²) >= 11 is 0. The first-order valence-corrected chi connectivity index (χ1v) is 11.6. The van der Waals surface area contributed by atoms with Gasteiger partial charge in [0.1, 0.15) is 5.75 Å². The summed E-state index contributed by atoms with van der Waals surface area (Å²) < 4.78 is 5.95. The molecule has 2 aliphatic heterocycles. The lowest BCUT2D eigenvalue weighted by Crippen LogP contribution is -2.53. The summed E-state index contributed by atoms with van der Waals surface area (Å²) in [6.07, 6.45) is 7.68. The van der Waals surface area contributed by atoms with Gasteiger partial charge in [0, 0.05) is 19.6 Å². The number of benzene rings is 1. The minimum Gasteiger partial charge on any atom is -0.493 e. The number of ether oxygens (including phenoxy) is 1. The Morgan fingerprint density at radius 1 is 1.20 bits per heavy atom. The largest absolute Gasteiger partial charge is 0.493 e. The number of fused-ring (bicyclic) bond motifs is 1. The number of hydrogen-bond donors (Lipinski definition) is 2. The van der Waals surface area contributed by atoms with E-state index in [9.17, 15) is 9.59 Å². The zero-order valence-corrected chi connectivity index (χ0v) is 18.3. The van der Waals surface area contributed by atoms with Gasteiger partial charge in [0.25, 0.3) is 0 Å². The van der Waals surface area contributed by atoms with Crippen molar-refractivity contribution in [3.63, 3.8) is 0 Å². The number of aryl methyl sites for hydroxylation is 1. The predicted molar refractivity (Wildman–Crippen MR) is 118 cm³/mol. The van der Waals surface area contributed by atoms with E-state index in [0.717, 1.165) is 57.1 Å². The standard InChI is InChI=1S/C24H37N3O3/c1-2-8-20(25)22(28)27-16-13-24(14-17-27)12-6-5-10-19-9-3-4-11-21(19)30-18-7-15-26-23(24)29/h3-4,9,11,20H,2,5-8,10,12-18,25H2,1H3,(H,26,29)/t20-/m0/s1. The van der Waals surface area contributed by atoms with Crippen molar-refractivity contribution in [2.75, 3.05) is 26.2 Å². The van der Waals surface area contributed by atoms with Crippen LogP contribution in [-0.4, -0.2) is 49.0 Å². The lowest BCUT2D eigenvalue weighted by molar-refractivity contribution is -0.142. The molecule has 30 heavy (non-hydrogen) atoms. The first kappa shape index (κ1) is 22.6. The molecule has 0 bridgehead atoms. The maximum Gasteiger partial charge on any atom is 0.239 e. The van der Waals surface area contributed by atoms with Crippen LogP contribution in [0.5, 0.6) is 5.75 Å². The minimum atomic E-state index is -0.419. The molecular formula is C24H37N3O3. The summed E-state index contributed by atoms with van der Waals surface area (Å²) in [5.41, 5.74) is 6.91. The highest BCUT2D eigenvalue weighted by molar-refractivity contribution is 5.84. The Bertz CT molecular complexity index is 713. The third-order valence-electron chi connectivity index (χ3n) is 6.62. The molecule has 1 fully saturated rings. The summed E-state index contributed by atoms with van der Waals surface area (Å²) in [5.74, 6) is 1.14. The third kappa shape index (κ3) is 5.54. The van der Waals surface area contributed by atoms with Gasteiger partial charge in [-0.2, -0.15) is 0 Å². The smallest absolute Gasteiger partial charge is 0.239 e. The molecule has 0 aromatic heterocycles. The predicted octanol–water partition coefficient (Wildman–Crippen LogP) is 3.03. The topological polar surface area (TPSA) is 84.7 Å². The number of nitrogens with two attached hydrogens (primary N) is 1. The van der Waals surface area contributed by atoms with Crippen LogP contribution in [0.1, 0.15) is 63.9 Å². The van der Waals surface area contributed by atoms with Crippen LogP contribution < -0.4 is 15.8 Å². The molecule has 0 unspecified atom stereocenters. The number of amides is 2. The van der Waals surface area contributed by atoms with E-state index >= 15 is 0 Å². The highest BCUT2D eigenvalue weighted by atomic mass is 16.5. The van der Waals surface area contributed by atoms with Crippen molar-refractivity contribution >= 4 is 11.8 Å². The van der Waals surface area contributed by atoms with Crippen molar-refractivity contribution in [3.05, 3.63) is 29.8 Å². The van der Waals surface area contributed by atoms with Gasteiger partial charge >= 0.3 is 0 Å². The maximum atomic E-state index is 13.1. The SMILES string of the molecule is CCC[C@H](N)C(=O)N1CCC2(CCCCc3ccccc3OCCCNC2=O)CC1. The van der Waals surface area contributed by atoms with Crippen molar-refractivity contribution in [3.8, 4) is 5.75 Å². The molecule has 0 saturated carbocycles. The molecular weight excluding hydrogens is 378 g/mol. The Balaban J connectivity index is 1.64. The van der Waals surface area contributed by atoms with Crippen molar-refractivity contribution in [1.82, 2.24) is 10.2 Å². The van der Waals surface area contributed by atoms with Gasteiger partial charge in [-0.1, -0.05) is 38.0 Å². The Morgan fingerprint density at radius 3 is 2.73 bits per heavy atom. The molecule has 6 heteroatoms. The van der Waals surface area contributed by atoms with E-state index in [-0.39, 0.29) is 17.2 Å². The number of hydrogen-bond acceptors (Lipinski definition) is 4. The zero-order valence-electron chi connectivity index (χ0n) is 18.3. The number of nitrogens with one attached hydrogen (secondary N) is 1. The van der Waals surface area contributed by atoms with Crippen molar-refractivity contribution in [2.24, 2.45) is 11.1 Å². The first-order valence-electron chi connectivity index (χ1n) is 11.6. The summed E-state index contributed by atoms with van der Waals surface area (Å²) in [4.78, 5) is 27.6. The average molecular weight is 416 g/mol. The van der Waals surface area contributed by atoms with E-state index in [1.54, 1.807) is 0 Å². The third-order valence-corrected chi connectivity index (χ3v) is 6.62. The van der Waals surface area contributed by atoms with Crippen molar-refractivity contribution < 1.29 is 14.3 Å². The first-order chi connectivity index (χ1) is 14.6. The van der Waals surface area contributed by atoms with Gasteiger partial charge in [0.2, 0.25) is 11.8 Å². The normalized spacial score (nSPS) is 21.3. The number of carbonyl (C=O) groups excluding carboxylic acids is 2. The molecule has 3 rings (SSSR count).